The first-order valence-electron chi connectivity index (χ1n) is 7.76. The van der Waals surface area contributed by atoms with Crippen molar-refractivity contribution in [2.75, 3.05) is 30.8 Å². The van der Waals surface area contributed by atoms with E-state index in [9.17, 15) is 4.79 Å². The summed E-state index contributed by atoms with van der Waals surface area (Å²) in [7, 11) is 1.95. The second-order valence-corrected chi connectivity index (χ2v) is 7.05. The van der Waals surface area contributed by atoms with Crippen LogP contribution >= 0.6 is 11.3 Å². The summed E-state index contributed by atoms with van der Waals surface area (Å²) >= 11 is 1.37. The average Bonchev–Trinajstić information content (AvgIpc) is 2.86. The number of nitrogens with one attached hydrogen (secondary N) is 1. The molecule has 5 nitrogen and oxygen atoms in total. The van der Waals surface area contributed by atoms with E-state index in [0.29, 0.717) is 16.6 Å². The van der Waals surface area contributed by atoms with Crippen LogP contribution in [-0.4, -0.2) is 31.0 Å². The molecule has 0 aromatic carbocycles. The third-order valence-corrected chi connectivity index (χ3v) is 5.43. The van der Waals surface area contributed by atoms with Crippen molar-refractivity contribution in [1.29, 1.82) is 0 Å². The Balaban J connectivity index is 1.92. The number of aromatic nitrogens is 1. The van der Waals surface area contributed by atoms with Crippen LogP contribution in [0.25, 0.3) is 0 Å². The molecule has 2 unspecified atom stereocenters. The molecule has 1 aromatic heterocycles. The molecule has 0 spiro atoms. The summed E-state index contributed by atoms with van der Waals surface area (Å²) in [5.41, 5.74) is 5.88. The van der Waals surface area contributed by atoms with Gasteiger partial charge in [0.05, 0.1) is 0 Å². The largest absolute Gasteiger partial charge is 0.382 e. The SMILES string of the molecule is CCN(C)c1nc(N)c(C(=O)NCC2CCCC(C)C2)s1. The van der Waals surface area contributed by atoms with Crippen molar-refractivity contribution in [3.63, 3.8) is 0 Å². The number of carbonyl (C=O) groups is 1. The van der Waals surface area contributed by atoms with Gasteiger partial charge in [-0.1, -0.05) is 31.1 Å². The van der Waals surface area contributed by atoms with Crippen LogP contribution in [0.5, 0.6) is 0 Å². The molecule has 1 amide bonds. The Bertz CT molecular complexity index is 488. The Hall–Kier alpha value is -1.30. The molecule has 21 heavy (non-hydrogen) atoms. The fourth-order valence-corrected chi connectivity index (χ4v) is 3.77. The maximum absolute atomic E-state index is 12.3. The lowest BCUT2D eigenvalue weighted by Gasteiger charge is -2.26. The third-order valence-electron chi connectivity index (χ3n) is 4.25. The number of anilines is 2. The first-order chi connectivity index (χ1) is 10.0. The van der Waals surface area contributed by atoms with Crippen molar-refractivity contribution in [3.8, 4) is 0 Å². The zero-order chi connectivity index (χ0) is 15.4. The van der Waals surface area contributed by atoms with E-state index in [0.717, 1.165) is 24.1 Å². The van der Waals surface area contributed by atoms with Crippen molar-refractivity contribution in [2.24, 2.45) is 11.8 Å². The molecule has 2 rings (SSSR count). The highest BCUT2D eigenvalue weighted by atomic mass is 32.1. The molecule has 0 saturated heterocycles. The molecule has 6 heteroatoms. The van der Waals surface area contributed by atoms with Gasteiger partial charge in [0.2, 0.25) is 0 Å². The fraction of sp³-hybridized carbons (Fsp3) is 0.733. The van der Waals surface area contributed by atoms with Crippen LogP contribution in [0.2, 0.25) is 0 Å². The third kappa shape index (κ3) is 4.09. The zero-order valence-electron chi connectivity index (χ0n) is 13.2. The Morgan fingerprint density at radius 3 is 2.95 bits per heavy atom. The van der Waals surface area contributed by atoms with Crippen LogP contribution in [0.1, 0.15) is 49.2 Å². The van der Waals surface area contributed by atoms with Crippen molar-refractivity contribution in [3.05, 3.63) is 4.88 Å². The van der Waals surface area contributed by atoms with Gasteiger partial charge < -0.3 is 16.0 Å². The zero-order valence-corrected chi connectivity index (χ0v) is 14.0. The topological polar surface area (TPSA) is 71.2 Å². The second kappa shape index (κ2) is 7.11. The van der Waals surface area contributed by atoms with Crippen LogP contribution < -0.4 is 16.0 Å². The first-order valence-corrected chi connectivity index (χ1v) is 8.58. The molecule has 1 aliphatic rings. The van der Waals surface area contributed by atoms with Gasteiger partial charge in [-0.25, -0.2) is 4.98 Å². The van der Waals surface area contributed by atoms with E-state index in [1.807, 2.05) is 18.9 Å². The lowest BCUT2D eigenvalue weighted by atomic mass is 9.82. The lowest BCUT2D eigenvalue weighted by Crippen LogP contribution is -2.31. The molecule has 1 fully saturated rings. The maximum atomic E-state index is 12.3. The number of nitrogen functional groups attached to an aromatic ring is 1. The molecule has 1 heterocycles. The van der Waals surface area contributed by atoms with E-state index in [1.54, 1.807) is 0 Å². The van der Waals surface area contributed by atoms with Gasteiger partial charge in [-0.2, -0.15) is 0 Å². The van der Waals surface area contributed by atoms with Crippen molar-refractivity contribution >= 4 is 28.2 Å². The number of hydrogen-bond acceptors (Lipinski definition) is 5. The van der Waals surface area contributed by atoms with Gasteiger partial charge in [-0.15, -0.1) is 0 Å². The fourth-order valence-electron chi connectivity index (χ4n) is 2.84. The van der Waals surface area contributed by atoms with Crippen LogP contribution in [-0.2, 0) is 0 Å². The van der Waals surface area contributed by atoms with E-state index in [1.165, 1.54) is 37.0 Å². The Morgan fingerprint density at radius 1 is 1.52 bits per heavy atom. The number of nitrogens with zero attached hydrogens (tertiary/aromatic N) is 2. The number of carbonyl (C=O) groups excluding carboxylic acids is 1. The Labute approximate surface area is 130 Å². The van der Waals surface area contributed by atoms with Gasteiger partial charge in [0.15, 0.2) is 5.13 Å². The van der Waals surface area contributed by atoms with E-state index in [4.69, 9.17) is 5.73 Å². The molecule has 0 radical (unpaired) electrons. The predicted molar refractivity (Wildman–Crippen MR) is 88.9 cm³/mol. The van der Waals surface area contributed by atoms with Crippen molar-refractivity contribution < 1.29 is 4.79 Å². The van der Waals surface area contributed by atoms with Crippen LogP contribution in [0.15, 0.2) is 0 Å². The molecule has 0 aliphatic heterocycles. The van der Waals surface area contributed by atoms with Crippen LogP contribution in [0.4, 0.5) is 10.9 Å². The summed E-state index contributed by atoms with van der Waals surface area (Å²) < 4.78 is 0. The van der Waals surface area contributed by atoms with Crippen molar-refractivity contribution in [2.45, 2.75) is 39.5 Å². The van der Waals surface area contributed by atoms with Crippen LogP contribution in [0.3, 0.4) is 0 Å². The summed E-state index contributed by atoms with van der Waals surface area (Å²) in [5, 5.41) is 3.83. The summed E-state index contributed by atoms with van der Waals surface area (Å²) in [6, 6.07) is 0. The number of amides is 1. The highest BCUT2D eigenvalue weighted by Crippen LogP contribution is 2.29. The summed E-state index contributed by atoms with van der Waals surface area (Å²) in [6.45, 7) is 5.93. The number of thiazole rings is 1. The van der Waals surface area contributed by atoms with E-state index >= 15 is 0 Å². The number of hydrogen-bond donors (Lipinski definition) is 2. The smallest absolute Gasteiger partial charge is 0.265 e. The highest BCUT2D eigenvalue weighted by Gasteiger charge is 2.21. The van der Waals surface area contributed by atoms with Gasteiger partial charge in [0.25, 0.3) is 5.91 Å². The summed E-state index contributed by atoms with van der Waals surface area (Å²) in [6.07, 6.45) is 5.02. The quantitative estimate of drug-likeness (QED) is 0.877. The second-order valence-electron chi connectivity index (χ2n) is 6.07. The van der Waals surface area contributed by atoms with Gasteiger partial charge in [0.1, 0.15) is 10.7 Å². The molecule has 1 aliphatic carbocycles. The molecular formula is C15H26N4OS. The minimum absolute atomic E-state index is 0.0843. The van der Waals surface area contributed by atoms with Crippen molar-refractivity contribution in [1.82, 2.24) is 10.3 Å². The van der Waals surface area contributed by atoms with E-state index < -0.39 is 0 Å². The minimum Gasteiger partial charge on any atom is -0.382 e. The van der Waals surface area contributed by atoms with Crippen LogP contribution in [0, 0.1) is 11.8 Å². The Morgan fingerprint density at radius 2 is 2.29 bits per heavy atom. The molecule has 3 N–H and O–H groups in total. The maximum Gasteiger partial charge on any atom is 0.265 e. The first kappa shape index (κ1) is 16.1. The highest BCUT2D eigenvalue weighted by molar-refractivity contribution is 7.18. The van der Waals surface area contributed by atoms with E-state index in [2.05, 4.69) is 17.2 Å². The number of nitrogens with two attached hydrogens (primary N) is 1. The molecule has 1 saturated carbocycles. The molecule has 1 aromatic rings. The number of rotatable bonds is 5. The monoisotopic (exact) mass is 310 g/mol. The van der Waals surface area contributed by atoms with Gasteiger partial charge in [-0.3, -0.25) is 4.79 Å². The molecule has 118 valence electrons. The predicted octanol–water partition coefficient (Wildman–Crippen LogP) is 2.74. The molecule has 2 atom stereocenters. The Kier molecular flexibility index (Phi) is 5.45. The standard InChI is InChI=1S/C15H26N4OS/c1-4-19(3)15-18-13(16)12(21-15)14(20)17-9-11-7-5-6-10(2)8-11/h10-11H,4-9,16H2,1-3H3,(H,17,20). The minimum atomic E-state index is -0.0843. The van der Waals surface area contributed by atoms with Gasteiger partial charge in [-0.05, 0) is 31.6 Å². The van der Waals surface area contributed by atoms with E-state index in [-0.39, 0.29) is 5.91 Å². The normalized spacial score (nSPS) is 22.0. The molecular weight excluding hydrogens is 284 g/mol. The molecule has 0 bridgehead atoms. The van der Waals surface area contributed by atoms with Gasteiger partial charge >= 0.3 is 0 Å². The summed E-state index contributed by atoms with van der Waals surface area (Å²) in [4.78, 5) is 19.1. The van der Waals surface area contributed by atoms with Gasteiger partial charge in [0, 0.05) is 20.1 Å². The average molecular weight is 310 g/mol. The summed E-state index contributed by atoms with van der Waals surface area (Å²) in [5.74, 6) is 1.63. The lowest BCUT2D eigenvalue weighted by molar-refractivity contribution is 0.0945.